The van der Waals surface area contributed by atoms with Gasteiger partial charge in [-0.3, -0.25) is 9.59 Å². The maximum Gasteiger partial charge on any atom is 0.220 e. The molecule has 0 saturated heterocycles. The van der Waals surface area contributed by atoms with E-state index in [1.807, 2.05) is 37.3 Å². The third-order valence-corrected chi connectivity index (χ3v) is 2.80. The van der Waals surface area contributed by atoms with Gasteiger partial charge in [0.25, 0.3) is 0 Å². The molecular weight excluding hydrogens is 256 g/mol. The van der Waals surface area contributed by atoms with Gasteiger partial charge < -0.3 is 15.7 Å². The number of aliphatic hydroxyl groups is 1. The number of aliphatic hydroxyl groups excluding tert-OH is 1. The zero-order valence-corrected chi connectivity index (χ0v) is 11.8. The second-order valence-electron chi connectivity index (χ2n) is 4.60. The summed E-state index contributed by atoms with van der Waals surface area (Å²) in [4.78, 5) is 22.7. The predicted molar refractivity (Wildman–Crippen MR) is 77.1 cm³/mol. The molecular formula is C15H22N2O3. The van der Waals surface area contributed by atoms with Crippen molar-refractivity contribution in [2.24, 2.45) is 0 Å². The lowest BCUT2D eigenvalue weighted by Gasteiger charge is -2.12. The quantitative estimate of drug-likeness (QED) is 0.652. The van der Waals surface area contributed by atoms with E-state index in [4.69, 9.17) is 0 Å². The minimum Gasteiger partial charge on any atom is -0.391 e. The summed E-state index contributed by atoms with van der Waals surface area (Å²) in [5.41, 5.74) is 1.02. The smallest absolute Gasteiger partial charge is 0.220 e. The van der Waals surface area contributed by atoms with E-state index in [0.29, 0.717) is 13.0 Å². The summed E-state index contributed by atoms with van der Waals surface area (Å²) in [6.45, 7) is 2.59. The molecule has 1 aromatic rings. The fourth-order valence-corrected chi connectivity index (χ4v) is 1.79. The van der Waals surface area contributed by atoms with Gasteiger partial charge in [-0.1, -0.05) is 30.3 Å². The number of benzene rings is 1. The molecule has 0 heterocycles. The summed E-state index contributed by atoms with van der Waals surface area (Å²) in [6, 6.07) is 9.60. The molecule has 0 radical (unpaired) electrons. The monoisotopic (exact) mass is 278 g/mol. The molecule has 5 nitrogen and oxygen atoms in total. The van der Waals surface area contributed by atoms with E-state index in [-0.39, 0.29) is 31.2 Å². The van der Waals surface area contributed by atoms with Crippen molar-refractivity contribution in [3.8, 4) is 0 Å². The van der Waals surface area contributed by atoms with Crippen LogP contribution in [-0.2, 0) is 16.0 Å². The van der Waals surface area contributed by atoms with Crippen LogP contribution in [0.15, 0.2) is 30.3 Å². The van der Waals surface area contributed by atoms with Gasteiger partial charge >= 0.3 is 0 Å². The second-order valence-corrected chi connectivity index (χ2v) is 4.60. The first-order valence-electron chi connectivity index (χ1n) is 6.87. The summed E-state index contributed by atoms with van der Waals surface area (Å²) in [5, 5.41) is 15.1. The zero-order valence-electron chi connectivity index (χ0n) is 11.8. The zero-order chi connectivity index (χ0) is 14.8. The number of rotatable bonds is 8. The lowest BCUT2D eigenvalue weighted by Crippen LogP contribution is -2.34. The molecule has 0 aliphatic rings. The van der Waals surface area contributed by atoms with E-state index in [1.165, 1.54) is 0 Å². The van der Waals surface area contributed by atoms with Crippen molar-refractivity contribution in [1.29, 1.82) is 0 Å². The first kappa shape index (κ1) is 16.2. The molecule has 0 saturated carbocycles. The SMILES string of the molecule is CCNC(=O)CCC(=O)NCC(O)Cc1ccccc1. The van der Waals surface area contributed by atoms with Crippen LogP contribution in [-0.4, -0.2) is 36.1 Å². The number of nitrogens with one attached hydrogen (secondary N) is 2. The van der Waals surface area contributed by atoms with Crippen LogP contribution >= 0.6 is 0 Å². The van der Waals surface area contributed by atoms with Crippen molar-refractivity contribution >= 4 is 11.8 Å². The Morgan fingerprint density at radius 3 is 2.30 bits per heavy atom. The number of carbonyl (C=O) groups is 2. The lowest BCUT2D eigenvalue weighted by molar-refractivity contribution is -0.126. The molecule has 5 heteroatoms. The van der Waals surface area contributed by atoms with Gasteiger partial charge in [0.15, 0.2) is 0 Å². The van der Waals surface area contributed by atoms with Crippen LogP contribution in [0.2, 0.25) is 0 Å². The molecule has 1 unspecified atom stereocenters. The predicted octanol–water partition coefficient (Wildman–Crippen LogP) is 0.623. The average Bonchev–Trinajstić information content (AvgIpc) is 2.44. The number of hydrogen-bond donors (Lipinski definition) is 3. The largest absolute Gasteiger partial charge is 0.391 e. The van der Waals surface area contributed by atoms with E-state index >= 15 is 0 Å². The highest BCUT2D eigenvalue weighted by Crippen LogP contribution is 2.02. The van der Waals surface area contributed by atoms with Crippen LogP contribution in [0, 0.1) is 0 Å². The fraction of sp³-hybridized carbons (Fsp3) is 0.467. The average molecular weight is 278 g/mol. The Morgan fingerprint density at radius 1 is 1.10 bits per heavy atom. The van der Waals surface area contributed by atoms with Crippen LogP contribution in [0.1, 0.15) is 25.3 Å². The first-order chi connectivity index (χ1) is 9.61. The van der Waals surface area contributed by atoms with Gasteiger partial charge in [-0.15, -0.1) is 0 Å². The Hall–Kier alpha value is -1.88. The van der Waals surface area contributed by atoms with Crippen molar-refractivity contribution in [2.45, 2.75) is 32.3 Å². The van der Waals surface area contributed by atoms with E-state index in [9.17, 15) is 14.7 Å². The van der Waals surface area contributed by atoms with Crippen LogP contribution in [0.5, 0.6) is 0 Å². The minimum absolute atomic E-state index is 0.132. The third kappa shape index (κ3) is 6.89. The van der Waals surface area contributed by atoms with E-state index < -0.39 is 6.10 Å². The minimum atomic E-state index is -0.620. The molecule has 1 rings (SSSR count). The molecule has 0 aliphatic carbocycles. The Kier molecular flexibility index (Phi) is 7.35. The van der Waals surface area contributed by atoms with Crippen LogP contribution < -0.4 is 10.6 Å². The van der Waals surface area contributed by atoms with Crippen molar-refractivity contribution in [3.05, 3.63) is 35.9 Å². The molecule has 0 fully saturated rings. The van der Waals surface area contributed by atoms with E-state index in [2.05, 4.69) is 10.6 Å². The molecule has 110 valence electrons. The summed E-state index contributed by atoms with van der Waals surface area (Å²) in [6.07, 6.45) is 0.196. The molecule has 0 aliphatic heterocycles. The molecule has 20 heavy (non-hydrogen) atoms. The number of carbonyl (C=O) groups excluding carboxylic acids is 2. The highest BCUT2D eigenvalue weighted by Gasteiger charge is 2.09. The molecule has 0 bridgehead atoms. The maximum atomic E-state index is 11.5. The lowest BCUT2D eigenvalue weighted by atomic mass is 10.1. The second kappa shape index (κ2) is 9.09. The van der Waals surface area contributed by atoms with Crippen LogP contribution in [0.3, 0.4) is 0 Å². The van der Waals surface area contributed by atoms with E-state index in [0.717, 1.165) is 5.56 Å². The normalized spacial score (nSPS) is 11.7. The maximum absolute atomic E-state index is 11.5. The Labute approximate surface area is 119 Å². The topological polar surface area (TPSA) is 78.4 Å². The Bertz CT molecular complexity index is 420. The van der Waals surface area contributed by atoms with Crippen LogP contribution in [0.4, 0.5) is 0 Å². The molecule has 1 aromatic carbocycles. The molecule has 0 spiro atoms. The van der Waals surface area contributed by atoms with E-state index in [1.54, 1.807) is 0 Å². The standard InChI is InChI=1S/C15H22N2O3/c1-2-16-14(19)8-9-15(20)17-11-13(18)10-12-6-4-3-5-7-12/h3-7,13,18H,2,8-11H2,1H3,(H,16,19)(H,17,20). The molecule has 3 N–H and O–H groups in total. The summed E-state index contributed by atoms with van der Waals surface area (Å²) < 4.78 is 0. The summed E-state index contributed by atoms with van der Waals surface area (Å²) in [7, 11) is 0. The van der Waals surface area contributed by atoms with Gasteiger partial charge in [0.1, 0.15) is 0 Å². The van der Waals surface area contributed by atoms with Gasteiger partial charge in [0.2, 0.25) is 11.8 Å². The van der Waals surface area contributed by atoms with Gasteiger partial charge in [-0.05, 0) is 12.5 Å². The first-order valence-corrected chi connectivity index (χ1v) is 6.87. The highest BCUT2D eigenvalue weighted by molar-refractivity contribution is 5.83. The Balaban J connectivity index is 2.18. The van der Waals surface area contributed by atoms with Crippen molar-refractivity contribution in [2.75, 3.05) is 13.1 Å². The van der Waals surface area contributed by atoms with Gasteiger partial charge in [-0.25, -0.2) is 0 Å². The van der Waals surface area contributed by atoms with Crippen molar-refractivity contribution in [1.82, 2.24) is 10.6 Å². The summed E-state index contributed by atoms with van der Waals surface area (Å²) >= 11 is 0. The van der Waals surface area contributed by atoms with Crippen molar-refractivity contribution in [3.63, 3.8) is 0 Å². The fourth-order valence-electron chi connectivity index (χ4n) is 1.79. The Morgan fingerprint density at radius 2 is 1.70 bits per heavy atom. The highest BCUT2D eigenvalue weighted by atomic mass is 16.3. The van der Waals surface area contributed by atoms with Gasteiger partial charge in [-0.2, -0.15) is 0 Å². The van der Waals surface area contributed by atoms with Gasteiger partial charge in [0.05, 0.1) is 6.10 Å². The number of amides is 2. The van der Waals surface area contributed by atoms with Gasteiger partial charge in [0, 0.05) is 32.4 Å². The molecule has 1 atom stereocenters. The third-order valence-electron chi connectivity index (χ3n) is 2.80. The molecule has 2 amide bonds. The summed E-state index contributed by atoms with van der Waals surface area (Å²) in [5.74, 6) is -0.351. The molecule has 0 aromatic heterocycles. The van der Waals surface area contributed by atoms with Crippen molar-refractivity contribution < 1.29 is 14.7 Å². The number of hydrogen-bond acceptors (Lipinski definition) is 3. The van der Waals surface area contributed by atoms with Crippen LogP contribution in [0.25, 0.3) is 0 Å².